The highest BCUT2D eigenvalue weighted by Crippen LogP contribution is 2.50. The van der Waals surface area contributed by atoms with E-state index in [1.54, 1.807) is 6.20 Å². The van der Waals surface area contributed by atoms with Crippen LogP contribution in [-0.2, 0) is 11.2 Å². The van der Waals surface area contributed by atoms with E-state index in [1.807, 2.05) is 6.07 Å². The van der Waals surface area contributed by atoms with Crippen molar-refractivity contribution >= 4 is 5.78 Å². The molecule has 4 nitrogen and oxygen atoms in total. The summed E-state index contributed by atoms with van der Waals surface area (Å²) in [5.41, 5.74) is 0.934. The van der Waals surface area contributed by atoms with Gasteiger partial charge in [0.1, 0.15) is 12.1 Å². The van der Waals surface area contributed by atoms with Crippen molar-refractivity contribution in [1.82, 2.24) is 9.97 Å². The van der Waals surface area contributed by atoms with Crippen LogP contribution in [0.15, 0.2) is 18.6 Å². The zero-order valence-electron chi connectivity index (χ0n) is 11.5. The predicted molar refractivity (Wildman–Crippen MR) is 73.4 cm³/mol. The summed E-state index contributed by atoms with van der Waals surface area (Å²) in [6.45, 7) is 0. The first-order chi connectivity index (χ1) is 9.81. The van der Waals surface area contributed by atoms with E-state index in [0.717, 1.165) is 37.8 Å². The minimum absolute atomic E-state index is 0.0435. The van der Waals surface area contributed by atoms with E-state index in [4.69, 9.17) is 0 Å². The van der Waals surface area contributed by atoms with Crippen molar-refractivity contribution in [3.8, 4) is 6.07 Å². The first-order valence-corrected chi connectivity index (χ1v) is 7.49. The number of carbonyl (C=O) groups is 1. The van der Waals surface area contributed by atoms with Gasteiger partial charge in [-0.15, -0.1) is 0 Å². The molecule has 0 bridgehead atoms. The molecule has 0 aliphatic heterocycles. The average Bonchev–Trinajstić information content (AvgIpc) is 3.21. The summed E-state index contributed by atoms with van der Waals surface area (Å²) in [6, 6.07) is 4.19. The van der Waals surface area contributed by atoms with Crippen LogP contribution >= 0.6 is 0 Å². The molecule has 2 aliphatic rings. The molecule has 20 heavy (non-hydrogen) atoms. The molecular formula is C16H19N3O. The minimum Gasteiger partial charge on any atom is -0.299 e. The molecule has 2 fully saturated rings. The lowest BCUT2D eigenvalue weighted by atomic mass is 9.84. The maximum absolute atomic E-state index is 12.5. The van der Waals surface area contributed by atoms with Gasteiger partial charge in [0.25, 0.3) is 0 Å². The van der Waals surface area contributed by atoms with Crippen LogP contribution in [0.25, 0.3) is 0 Å². The smallest absolute Gasteiger partial charge is 0.140 e. The number of rotatable bonds is 4. The SMILES string of the molecule is N#CC1C(Cc2ccncn2)C1C(=O)C1CCCCC1. The molecule has 3 unspecified atom stereocenters. The Morgan fingerprint density at radius 2 is 2.15 bits per heavy atom. The Labute approximate surface area is 119 Å². The van der Waals surface area contributed by atoms with E-state index in [9.17, 15) is 10.1 Å². The number of hydrogen-bond donors (Lipinski definition) is 0. The van der Waals surface area contributed by atoms with Crippen LogP contribution in [0.2, 0.25) is 0 Å². The van der Waals surface area contributed by atoms with Gasteiger partial charge in [-0.05, 0) is 31.2 Å². The molecule has 0 saturated heterocycles. The van der Waals surface area contributed by atoms with Gasteiger partial charge in [0.2, 0.25) is 0 Å². The van der Waals surface area contributed by atoms with Gasteiger partial charge in [-0.25, -0.2) is 9.97 Å². The summed E-state index contributed by atoms with van der Waals surface area (Å²) in [6.07, 6.45) is 9.58. The first-order valence-electron chi connectivity index (χ1n) is 7.49. The second-order valence-electron chi connectivity index (χ2n) is 5.99. The summed E-state index contributed by atoms with van der Waals surface area (Å²) in [5.74, 6) is 0.581. The Morgan fingerprint density at radius 3 is 2.80 bits per heavy atom. The zero-order chi connectivity index (χ0) is 13.9. The van der Waals surface area contributed by atoms with Crippen molar-refractivity contribution in [1.29, 1.82) is 5.26 Å². The molecule has 2 aliphatic carbocycles. The molecule has 0 radical (unpaired) electrons. The topological polar surface area (TPSA) is 66.6 Å². The van der Waals surface area contributed by atoms with E-state index < -0.39 is 0 Å². The fraction of sp³-hybridized carbons (Fsp3) is 0.625. The predicted octanol–water partition coefficient (Wildman–Crippen LogP) is 2.55. The number of Topliss-reactive ketones (excluding diaryl/α,β-unsaturated/α-hetero) is 1. The van der Waals surface area contributed by atoms with E-state index in [1.165, 1.54) is 12.7 Å². The Bertz CT molecular complexity index is 516. The van der Waals surface area contributed by atoms with E-state index in [0.29, 0.717) is 5.78 Å². The quantitative estimate of drug-likeness (QED) is 0.842. The largest absolute Gasteiger partial charge is 0.299 e. The van der Waals surface area contributed by atoms with Gasteiger partial charge in [-0.3, -0.25) is 4.79 Å². The Hall–Kier alpha value is -1.76. The first kappa shape index (κ1) is 13.2. The van der Waals surface area contributed by atoms with Gasteiger partial charge >= 0.3 is 0 Å². The molecule has 3 rings (SSSR count). The third-order valence-corrected chi connectivity index (χ3v) is 4.74. The molecule has 2 saturated carbocycles. The van der Waals surface area contributed by atoms with Crippen molar-refractivity contribution in [2.75, 3.05) is 0 Å². The maximum Gasteiger partial charge on any atom is 0.140 e. The lowest BCUT2D eigenvalue weighted by Gasteiger charge is -2.20. The number of carbonyl (C=O) groups excluding carboxylic acids is 1. The highest BCUT2D eigenvalue weighted by atomic mass is 16.1. The molecule has 0 spiro atoms. The Morgan fingerprint density at radius 1 is 1.35 bits per heavy atom. The van der Waals surface area contributed by atoms with Gasteiger partial charge < -0.3 is 0 Å². The van der Waals surface area contributed by atoms with E-state index in [2.05, 4.69) is 16.0 Å². The molecule has 1 heterocycles. The lowest BCUT2D eigenvalue weighted by Crippen LogP contribution is -2.20. The van der Waals surface area contributed by atoms with Gasteiger partial charge in [0.05, 0.1) is 12.0 Å². The Kier molecular flexibility index (Phi) is 3.77. The van der Waals surface area contributed by atoms with Crippen LogP contribution in [-0.4, -0.2) is 15.8 Å². The van der Waals surface area contributed by atoms with Gasteiger partial charge in [-0.2, -0.15) is 5.26 Å². The molecule has 0 amide bonds. The number of nitriles is 1. The minimum atomic E-state index is -0.0978. The van der Waals surface area contributed by atoms with Crippen LogP contribution in [0.1, 0.15) is 37.8 Å². The number of nitrogens with zero attached hydrogens (tertiary/aromatic N) is 3. The highest BCUT2D eigenvalue weighted by molar-refractivity contribution is 5.87. The normalized spacial score (nSPS) is 29.6. The standard InChI is InChI=1S/C16H19N3O/c17-9-14-13(8-12-6-7-18-10-19-12)15(14)16(20)11-4-2-1-3-5-11/h6-7,10-11,13-15H,1-5,8H2. The van der Waals surface area contributed by atoms with Crippen molar-refractivity contribution < 1.29 is 4.79 Å². The maximum atomic E-state index is 12.5. The van der Waals surface area contributed by atoms with Crippen LogP contribution in [0.4, 0.5) is 0 Å². The van der Waals surface area contributed by atoms with E-state index >= 15 is 0 Å². The molecule has 1 aromatic heterocycles. The van der Waals surface area contributed by atoms with Crippen molar-refractivity contribution in [2.45, 2.75) is 38.5 Å². The molecule has 1 aromatic rings. The number of aromatic nitrogens is 2. The number of ketones is 1. The van der Waals surface area contributed by atoms with Gasteiger partial charge in [0.15, 0.2) is 0 Å². The molecule has 0 N–H and O–H groups in total. The van der Waals surface area contributed by atoms with Crippen LogP contribution < -0.4 is 0 Å². The van der Waals surface area contributed by atoms with Gasteiger partial charge in [-0.1, -0.05) is 19.3 Å². The summed E-state index contributed by atoms with van der Waals surface area (Å²) in [7, 11) is 0. The van der Waals surface area contributed by atoms with Crippen molar-refractivity contribution in [2.24, 2.45) is 23.7 Å². The fourth-order valence-corrected chi connectivity index (χ4v) is 3.53. The highest BCUT2D eigenvalue weighted by Gasteiger charge is 2.55. The summed E-state index contributed by atoms with van der Waals surface area (Å²) < 4.78 is 0. The third kappa shape index (κ3) is 2.58. The van der Waals surface area contributed by atoms with Crippen LogP contribution in [0, 0.1) is 35.0 Å². The summed E-state index contributed by atoms with van der Waals surface area (Å²) >= 11 is 0. The molecule has 104 valence electrons. The summed E-state index contributed by atoms with van der Waals surface area (Å²) in [5, 5.41) is 9.24. The van der Waals surface area contributed by atoms with Crippen molar-refractivity contribution in [3.63, 3.8) is 0 Å². The van der Waals surface area contributed by atoms with Gasteiger partial charge in [0, 0.05) is 23.7 Å². The molecule has 0 aromatic carbocycles. The monoisotopic (exact) mass is 269 g/mol. The zero-order valence-corrected chi connectivity index (χ0v) is 11.5. The van der Waals surface area contributed by atoms with E-state index in [-0.39, 0.29) is 23.7 Å². The molecule has 4 heteroatoms. The second-order valence-corrected chi connectivity index (χ2v) is 5.99. The molecular weight excluding hydrogens is 250 g/mol. The van der Waals surface area contributed by atoms with Crippen LogP contribution in [0.3, 0.4) is 0 Å². The Balaban J connectivity index is 1.64. The lowest BCUT2D eigenvalue weighted by molar-refractivity contribution is -0.125. The van der Waals surface area contributed by atoms with Crippen molar-refractivity contribution in [3.05, 3.63) is 24.3 Å². The number of hydrogen-bond acceptors (Lipinski definition) is 4. The average molecular weight is 269 g/mol. The second kappa shape index (κ2) is 5.70. The molecule has 3 atom stereocenters. The summed E-state index contributed by atoms with van der Waals surface area (Å²) in [4.78, 5) is 20.6. The fourth-order valence-electron chi connectivity index (χ4n) is 3.53. The van der Waals surface area contributed by atoms with Crippen LogP contribution in [0.5, 0.6) is 0 Å². The third-order valence-electron chi connectivity index (χ3n) is 4.74.